The van der Waals surface area contributed by atoms with Crippen molar-refractivity contribution in [3.05, 3.63) is 70.2 Å². The van der Waals surface area contributed by atoms with E-state index in [4.69, 9.17) is 9.15 Å². The molecule has 3 rings (SSSR count). The first-order chi connectivity index (χ1) is 12.9. The van der Waals surface area contributed by atoms with Crippen LogP contribution in [-0.2, 0) is 9.53 Å². The van der Waals surface area contributed by atoms with Crippen molar-refractivity contribution in [3.63, 3.8) is 0 Å². The molecular formula is C20H16FNO5. The van der Waals surface area contributed by atoms with Gasteiger partial charge in [0.2, 0.25) is 0 Å². The van der Waals surface area contributed by atoms with E-state index in [0.717, 1.165) is 12.1 Å². The third-order valence-electron chi connectivity index (χ3n) is 3.88. The Hall–Kier alpha value is -3.48. The third kappa shape index (κ3) is 3.44. The van der Waals surface area contributed by atoms with E-state index in [1.54, 1.807) is 25.1 Å². The second kappa shape index (κ2) is 7.41. The van der Waals surface area contributed by atoms with Crippen LogP contribution in [0.4, 0.5) is 4.39 Å². The van der Waals surface area contributed by atoms with E-state index in [9.17, 15) is 19.1 Å². The molecule has 6 nitrogen and oxygen atoms in total. The number of aliphatic hydroxyl groups is 1. The summed E-state index contributed by atoms with van der Waals surface area (Å²) in [6, 6.07) is 8.47. The highest BCUT2D eigenvalue weighted by Crippen LogP contribution is 2.34. The molecule has 0 saturated heterocycles. The van der Waals surface area contributed by atoms with Crippen LogP contribution in [0, 0.1) is 5.82 Å². The number of aromatic nitrogens is 1. The number of rotatable bonds is 4. The number of esters is 1. The smallest absolute Gasteiger partial charge is 0.344 e. The van der Waals surface area contributed by atoms with E-state index in [1.807, 2.05) is 0 Å². The molecule has 2 heterocycles. The van der Waals surface area contributed by atoms with Gasteiger partial charge in [-0.1, -0.05) is 12.1 Å². The van der Waals surface area contributed by atoms with Gasteiger partial charge in [-0.25, -0.2) is 14.0 Å². The van der Waals surface area contributed by atoms with Crippen LogP contribution < -0.4 is 5.63 Å². The zero-order valence-corrected chi connectivity index (χ0v) is 14.7. The lowest BCUT2D eigenvalue weighted by molar-refractivity contribution is -0.136. The van der Waals surface area contributed by atoms with Crippen molar-refractivity contribution >= 4 is 22.3 Å². The molecule has 0 aliphatic rings. The first kappa shape index (κ1) is 18.3. The van der Waals surface area contributed by atoms with Gasteiger partial charge in [0, 0.05) is 17.1 Å². The minimum atomic E-state index is -0.797. The van der Waals surface area contributed by atoms with Crippen molar-refractivity contribution in [1.29, 1.82) is 0 Å². The Morgan fingerprint density at radius 3 is 2.67 bits per heavy atom. The van der Waals surface area contributed by atoms with Crippen molar-refractivity contribution in [2.45, 2.75) is 13.8 Å². The number of allylic oxidation sites excluding steroid dienone is 1. The predicted octanol–water partition coefficient (Wildman–Crippen LogP) is 3.85. The normalized spacial score (nSPS) is 12.0. The van der Waals surface area contributed by atoms with Gasteiger partial charge in [0.25, 0.3) is 0 Å². The Kier molecular flexibility index (Phi) is 5.03. The van der Waals surface area contributed by atoms with Crippen LogP contribution in [-0.4, -0.2) is 22.7 Å². The lowest BCUT2D eigenvalue weighted by Crippen LogP contribution is -2.13. The molecule has 0 atom stereocenters. The third-order valence-corrected chi connectivity index (χ3v) is 3.88. The summed E-state index contributed by atoms with van der Waals surface area (Å²) in [7, 11) is 0. The summed E-state index contributed by atoms with van der Waals surface area (Å²) < 4.78 is 24.1. The number of carbonyl (C=O) groups excluding carboxylic acids is 1. The first-order valence-electron chi connectivity index (χ1n) is 8.19. The number of hydrogen-bond donors (Lipinski definition) is 1. The zero-order valence-electron chi connectivity index (χ0n) is 14.7. The van der Waals surface area contributed by atoms with Crippen LogP contribution in [0.5, 0.6) is 0 Å². The number of pyridine rings is 1. The molecule has 0 spiro atoms. The first-order valence-corrected chi connectivity index (χ1v) is 8.19. The van der Waals surface area contributed by atoms with Crippen LogP contribution >= 0.6 is 0 Å². The summed E-state index contributed by atoms with van der Waals surface area (Å²) in [5.41, 5.74) is -0.578. The van der Waals surface area contributed by atoms with Crippen LogP contribution in [0.2, 0.25) is 0 Å². The Morgan fingerprint density at radius 2 is 2.04 bits per heavy atom. The van der Waals surface area contributed by atoms with E-state index in [2.05, 4.69) is 4.98 Å². The Balaban J connectivity index is 2.47. The maximum atomic E-state index is 13.7. The number of halogens is 1. The molecule has 0 fully saturated rings. The van der Waals surface area contributed by atoms with Crippen molar-refractivity contribution in [2.24, 2.45) is 0 Å². The maximum absolute atomic E-state index is 13.7. The molecule has 1 N–H and O–H groups in total. The molecule has 7 heteroatoms. The van der Waals surface area contributed by atoms with Gasteiger partial charge in [-0.3, -0.25) is 4.98 Å². The van der Waals surface area contributed by atoms with Gasteiger partial charge in [-0.2, -0.15) is 0 Å². The van der Waals surface area contributed by atoms with E-state index in [0.29, 0.717) is 0 Å². The molecule has 3 aromatic rings. The van der Waals surface area contributed by atoms with E-state index < -0.39 is 17.4 Å². The van der Waals surface area contributed by atoms with Crippen molar-refractivity contribution in [2.75, 3.05) is 6.61 Å². The summed E-state index contributed by atoms with van der Waals surface area (Å²) in [5.74, 6) is -1.77. The molecule has 0 aliphatic heterocycles. The summed E-state index contributed by atoms with van der Waals surface area (Å²) in [4.78, 5) is 29.1. The number of carbonyl (C=O) groups is 1. The fourth-order valence-corrected chi connectivity index (χ4v) is 2.78. The molecule has 138 valence electrons. The highest BCUT2D eigenvalue weighted by atomic mass is 19.1. The molecule has 27 heavy (non-hydrogen) atoms. The van der Waals surface area contributed by atoms with Crippen LogP contribution in [0.15, 0.2) is 57.6 Å². The number of hydrogen-bond acceptors (Lipinski definition) is 6. The summed E-state index contributed by atoms with van der Waals surface area (Å²) >= 11 is 0. The van der Waals surface area contributed by atoms with Crippen molar-refractivity contribution < 1.29 is 23.4 Å². The van der Waals surface area contributed by atoms with Crippen LogP contribution in [0.1, 0.15) is 19.4 Å². The van der Waals surface area contributed by atoms with Gasteiger partial charge in [-0.05, 0) is 38.1 Å². The summed E-state index contributed by atoms with van der Waals surface area (Å²) in [6.45, 7) is 3.02. The topological polar surface area (TPSA) is 89.6 Å². The maximum Gasteiger partial charge on any atom is 0.344 e. The van der Waals surface area contributed by atoms with Gasteiger partial charge in [0.05, 0.1) is 12.0 Å². The van der Waals surface area contributed by atoms with Gasteiger partial charge in [0.15, 0.2) is 5.76 Å². The van der Waals surface area contributed by atoms with E-state index >= 15 is 0 Å². The number of nitrogens with zero attached hydrogens (tertiary/aromatic N) is 1. The number of aliphatic hydroxyl groups excluding tert-OH is 1. The van der Waals surface area contributed by atoms with Gasteiger partial charge >= 0.3 is 11.6 Å². The van der Waals surface area contributed by atoms with Gasteiger partial charge in [-0.15, -0.1) is 0 Å². The standard InChI is InChI=1S/C20H16FNO5/c1-3-26-20(25)16(11(2)23)17-13-8-7-12(21)10-14(13)19(24)27-18(17)15-6-4-5-9-22-15/h4-10,23H,3H2,1-2H3/b16-11+. The fraction of sp³-hybridized carbons (Fsp3) is 0.150. The van der Waals surface area contributed by atoms with Crippen molar-refractivity contribution in [3.8, 4) is 11.5 Å². The molecule has 0 amide bonds. The Bertz CT molecular complexity index is 1100. The zero-order chi connectivity index (χ0) is 19.6. The number of ether oxygens (including phenoxy) is 1. The molecule has 0 unspecified atom stereocenters. The minimum Gasteiger partial charge on any atom is -0.512 e. The monoisotopic (exact) mass is 369 g/mol. The lowest BCUT2D eigenvalue weighted by Gasteiger charge is -2.14. The van der Waals surface area contributed by atoms with Crippen molar-refractivity contribution in [1.82, 2.24) is 4.98 Å². The molecule has 0 saturated carbocycles. The van der Waals surface area contributed by atoms with Gasteiger partial charge < -0.3 is 14.3 Å². The molecule has 0 aliphatic carbocycles. The summed E-state index contributed by atoms with van der Waals surface area (Å²) in [6.07, 6.45) is 1.49. The molecular weight excluding hydrogens is 353 g/mol. The van der Waals surface area contributed by atoms with Gasteiger partial charge in [0.1, 0.15) is 22.8 Å². The molecule has 0 radical (unpaired) electrons. The molecule has 0 bridgehead atoms. The fourth-order valence-electron chi connectivity index (χ4n) is 2.78. The molecule has 1 aromatic carbocycles. The Labute approximate surface area is 153 Å². The highest BCUT2D eigenvalue weighted by Gasteiger charge is 2.27. The number of fused-ring (bicyclic) bond motifs is 1. The Morgan fingerprint density at radius 1 is 1.26 bits per heavy atom. The average Bonchev–Trinajstić information content (AvgIpc) is 2.64. The van der Waals surface area contributed by atoms with E-state index in [1.165, 1.54) is 19.2 Å². The van der Waals surface area contributed by atoms with E-state index in [-0.39, 0.29) is 45.7 Å². The van der Waals surface area contributed by atoms with Crippen LogP contribution in [0.3, 0.4) is 0 Å². The minimum absolute atomic E-state index is 0.0174. The lowest BCUT2D eigenvalue weighted by atomic mass is 9.96. The second-order valence-corrected chi connectivity index (χ2v) is 5.68. The summed E-state index contributed by atoms with van der Waals surface area (Å²) in [5, 5.41) is 10.4. The average molecular weight is 369 g/mol. The van der Waals surface area contributed by atoms with Crippen LogP contribution in [0.25, 0.3) is 27.8 Å². The quantitative estimate of drug-likeness (QED) is 0.427. The predicted molar refractivity (Wildman–Crippen MR) is 97.5 cm³/mol. The SMILES string of the molecule is CCOC(=O)/C(=C(\C)O)c1c(-c2ccccn2)oc(=O)c2cc(F)ccc12. The second-order valence-electron chi connectivity index (χ2n) is 5.68. The molecule has 2 aromatic heterocycles. The largest absolute Gasteiger partial charge is 0.512 e. The highest BCUT2D eigenvalue weighted by molar-refractivity contribution is 6.22. The number of benzene rings is 1.